The van der Waals surface area contributed by atoms with Crippen LogP contribution in [0.2, 0.25) is 0 Å². The second kappa shape index (κ2) is 6.65. The molecule has 5 heteroatoms. The van der Waals surface area contributed by atoms with Crippen molar-refractivity contribution in [3.8, 4) is 0 Å². The summed E-state index contributed by atoms with van der Waals surface area (Å²) in [4.78, 5) is 0.268. The number of nitrogens with one attached hydrogen (secondary N) is 1. The van der Waals surface area contributed by atoms with Gasteiger partial charge < -0.3 is 4.74 Å². The second-order valence-electron chi connectivity index (χ2n) is 4.34. The van der Waals surface area contributed by atoms with Gasteiger partial charge in [0.15, 0.2) is 0 Å². The molecule has 1 N–H and O–H groups in total. The zero-order valence-corrected chi connectivity index (χ0v) is 12.1. The normalized spacial score (nSPS) is 11.4. The van der Waals surface area contributed by atoms with Gasteiger partial charge >= 0.3 is 0 Å². The van der Waals surface area contributed by atoms with E-state index in [0.29, 0.717) is 6.61 Å². The summed E-state index contributed by atoms with van der Waals surface area (Å²) in [6.07, 6.45) is 0. The molecule has 0 spiro atoms. The van der Waals surface area contributed by atoms with Crippen LogP contribution in [0.5, 0.6) is 0 Å². The minimum absolute atomic E-state index is 0.247. The Balaban J connectivity index is 2.13. The van der Waals surface area contributed by atoms with Gasteiger partial charge in [0, 0.05) is 13.7 Å². The third kappa shape index (κ3) is 3.66. The molecule has 106 valence electrons. The lowest BCUT2D eigenvalue weighted by atomic mass is 10.1. The van der Waals surface area contributed by atoms with Crippen molar-refractivity contribution < 1.29 is 13.2 Å². The molecule has 2 aromatic rings. The maximum Gasteiger partial charge on any atom is 0.240 e. The van der Waals surface area contributed by atoms with Crippen LogP contribution in [0.15, 0.2) is 59.5 Å². The Morgan fingerprint density at radius 2 is 1.55 bits per heavy atom. The molecule has 0 unspecified atom stereocenters. The summed E-state index contributed by atoms with van der Waals surface area (Å²) in [5.74, 6) is 0. The molecule has 0 aliphatic carbocycles. The van der Waals surface area contributed by atoms with Gasteiger partial charge in [0.1, 0.15) is 0 Å². The Hall–Kier alpha value is -1.69. The molecule has 20 heavy (non-hydrogen) atoms. The molecule has 0 fully saturated rings. The van der Waals surface area contributed by atoms with Crippen LogP contribution >= 0.6 is 0 Å². The minimum atomic E-state index is -3.48. The van der Waals surface area contributed by atoms with E-state index in [0.717, 1.165) is 11.1 Å². The molecule has 0 heterocycles. The second-order valence-corrected chi connectivity index (χ2v) is 6.11. The molecule has 2 aromatic carbocycles. The Morgan fingerprint density at radius 3 is 2.20 bits per heavy atom. The highest BCUT2D eigenvalue weighted by atomic mass is 32.2. The van der Waals surface area contributed by atoms with Gasteiger partial charge in [-0.25, -0.2) is 13.1 Å². The highest BCUT2D eigenvalue weighted by molar-refractivity contribution is 7.89. The zero-order valence-electron chi connectivity index (χ0n) is 11.2. The Morgan fingerprint density at radius 1 is 0.950 bits per heavy atom. The number of benzene rings is 2. The van der Waals surface area contributed by atoms with Gasteiger partial charge in [-0.05, 0) is 23.3 Å². The van der Waals surface area contributed by atoms with Crippen molar-refractivity contribution in [3.63, 3.8) is 0 Å². The number of hydrogen-bond acceptors (Lipinski definition) is 3. The molecule has 0 saturated heterocycles. The lowest BCUT2D eigenvalue weighted by Gasteiger charge is -2.10. The molecule has 0 amide bonds. The van der Waals surface area contributed by atoms with Gasteiger partial charge in [0.05, 0.1) is 11.5 Å². The monoisotopic (exact) mass is 291 g/mol. The first kappa shape index (κ1) is 14.7. The molecule has 2 rings (SSSR count). The molecule has 0 aliphatic rings. The Kier molecular flexibility index (Phi) is 4.89. The van der Waals surface area contributed by atoms with Gasteiger partial charge in [0.2, 0.25) is 10.0 Å². The van der Waals surface area contributed by atoms with E-state index in [2.05, 4.69) is 4.72 Å². The van der Waals surface area contributed by atoms with Gasteiger partial charge in [-0.2, -0.15) is 0 Å². The van der Waals surface area contributed by atoms with Crippen LogP contribution < -0.4 is 4.72 Å². The minimum Gasteiger partial charge on any atom is -0.380 e. The number of hydrogen-bond donors (Lipinski definition) is 1. The van der Waals surface area contributed by atoms with Crippen LogP contribution in [0.1, 0.15) is 11.1 Å². The van der Waals surface area contributed by atoms with E-state index in [-0.39, 0.29) is 11.4 Å². The van der Waals surface area contributed by atoms with Gasteiger partial charge in [-0.15, -0.1) is 0 Å². The fraction of sp³-hybridized carbons (Fsp3) is 0.200. The largest absolute Gasteiger partial charge is 0.380 e. The van der Waals surface area contributed by atoms with Gasteiger partial charge in [0.25, 0.3) is 0 Å². The number of sulfonamides is 1. The fourth-order valence-electron chi connectivity index (χ4n) is 1.88. The third-order valence-electron chi connectivity index (χ3n) is 2.92. The van der Waals surface area contributed by atoms with Crippen LogP contribution in [0.4, 0.5) is 0 Å². The highest BCUT2D eigenvalue weighted by Crippen LogP contribution is 2.12. The van der Waals surface area contributed by atoms with E-state index in [1.165, 1.54) is 0 Å². The van der Waals surface area contributed by atoms with Crippen molar-refractivity contribution in [1.82, 2.24) is 4.72 Å². The average Bonchev–Trinajstić information content (AvgIpc) is 2.48. The van der Waals surface area contributed by atoms with Crippen LogP contribution in [-0.4, -0.2) is 15.5 Å². The van der Waals surface area contributed by atoms with Crippen LogP contribution in [0.25, 0.3) is 0 Å². The summed E-state index contributed by atoms with van der Waals surface area (Å²) in [6.45, 7) is 0.708. The summed E-state index contributed by atoms with van der Waals surface area (Å²) >= 11 is 0. The SMILES string of the molecule is COCc1ccccc1CNS(=O)(=O)c1ccccc1. The highest BCUT2D eigenvalue weighted by Gasteiger charge is 2.13. The first-order valence-corrected chi connectivity index (χ1v) is 7.72. The molecular weight excluding hydrogens is 274 g/mol. The fourth-order valence-corrected chi connectivity index (χ4v) is 2.91. The molecule has 0 aliphatic heterocycles. The number of rotatable bonds is 6. The first-order chi connectivity index (χ1) is 9.63. The van der Waals surface area contributed by atoms with Crippen molar-refractivity contribution in [2.45, 2.75) is 18.0 Å². The quantitative estimate of drug-likeness (QED) is 0.888. The summed E-state index contributed by atoms with van der Waals surface area (Å²) in [5, 5.41) is 0. The van der Waals surface area contributed by atoms with E-state index in [9.17, 15) is 8.42 Å². The van der Waals surface area contributed by atoms with E-state index in [1.807, 2.05) is 24.3 Å². The Labute approximate surface area is 119 Å². The van der Waals surface area contributed by atoms with E-state index in [4.69, 9.17) is 4.74 Å². The molecule has 0 saturated carbocycles. The number of methoxy groups -OCH3 is 1. The third-order valence-corrected chi connectivity index (χ3v) is 4.34. The molecule has 0 radical (unpaired) electrons. The Bertz CT molecular complexity index is 654. The summed E-state index contributed by atoms with van der Waals surface area (Å²) < 4.78 is 32.0. The molecule has 0 atom stereocenters. The van der Waals surface area contributed by atoms with Crippen LogP contribution in [0, 0.1) is 0 Å². The van der Waals surface area contributed by atoms with Gasteiger partial charge in [-0.3, -0.25) is 0 Å². The van der Waals surface area contributed by atoms with Crippen LogP contribution in [-0.2, 0) is 27.9 Å². The summed E-state index contributed by atoms with van der Waals surface area (Å²) in [6, 6.07) is 15.9. The van der Waals surface area contributed by atoms with Crippen molar-refractivity contribution in [3.05, 3.63) is 65.7 Å². The molecule has 0 aromatic heterocycles. The predicted octanol–water partition coefficient (Wildman–Crippen LogP) is 2.31. The van der Waals surface area contributed by atoms with Crippen molar-refractivity contribution in [1.29, 1.82) is 0 Å². The van der Waals surface area contributed by atoms with Crippen molar-refractivity contribution in [2.24, 2.45) is 0 Å². The smallest absolute Gasteiger partial charge is 0.240 e. The van der Waals surface area contributed by atoms with Crippen molar-refractivity contribution in [2.75, 3.05) is 7.11 Å². The topological polar surface area (TPSA) is 55.4 Å². The molecular formula is C15H17NO3S. The maximum atomic E-state index is 12.1. The number of ether oxygens (including phenoxy) is 1. The van der Waals surface area contributed by atoms with Gasteiger partial charge in [-0.1, -0.05) is 42.5 Å². The average molecular weight is 291 g/mol. The molecule has 0 bridgehead atoms. The summed E-state index contributed by atoms with van der Waals surface area (Å²) in [5.41, 5.74) is 1.89. The van der Waals surface area contributed by atoms with E-state index >= 15 is 0 Å². The maximum absolute atomic E-state index is 12.1. The van der Waals surface area contributed by atoms with E-state index < -0.39 is 10.0 Å². The lowest BCUT2D eigenvalue weighted by molar-refractivity contribution is 0.184. The predicted molar refractivity (Wildman–Crippen MR) is 77.6 cm³/mol. The van der Waals surface area contributed by atoms with E-state index in [1.54, 1.807) is 37.4 Å². The zero-order chi connectivity index (χ0) is 14.4. The molecule has 4 nitrogen and oxygen atoms in total. The van der Waals surface area contributed by atoms with Crippen molar-refractivity contribution >= 4 is 10.0 Å². The first-order valence-electron chi connectivity index (χ1n) is 6.24. The summed E-state index contributed by atoms with van der Waals surface area (Å²) in [7, 11) is -1.87. The standard InChI is InChI=1S/C15H17NO3S/c1-19-12-14-8-6-5-7-13(14)11-16-20(17,18)15-9-3-2-4-10-15/h2-10,16H,11-12H2,1H3. The lowest BCUT2D eigenvalue weighted by Crippen LogP contribution is -2.23. The van der Waals surface area contributed by atoms with Crippen LogP contribution in [0.3, 0.4) is 0 Å².